The molecular weight excluding hydrogens is 342 g/mol. The quantitative estimate of drug-likeness (QED) is 0.578. The van der Waals surface area contributed by atoms with E-state index in [1.807, 2.05) is 12.1 Å². The predicted molar refractivity (Wildman–Crippen MR) is 91.6 cm³/mol. The van der Waals surface area contributed by atoms with E-state index in [1.165, 1.54) is 6.07 Å². The molecule has 3 aromatic rings. The maximum absolute atomic E-state index is 12.0. The molecule has 0 fully saturated rings. The van der Waals surface area contributed by atoms with Crippen molar-refractivity contribution in [1.82, 2.24) is 25.6 Å². The summed E-state index contributed by atoms with van der Waals surface area (Å²) in [7, 11) is -3.97. The van der Waals surface area contributed by atoms with Gasteiger partial charge in [-0.2, -0.15) is 5.21 Å². The van der Waals surface area contributed by atoms with Crippen molar-refractivity contribution in [2.75, 3.05) is 6.54 Å². The number of nitrogens with zero attached hydrogens (tertiary/aromatic N) is 4. The van der Waals surface area contributed by atoms with Crippen LogP contribution in [0.25, 0.3) is 22.5 Å². The summed E-state index contributed by atoms with van der Waals surface area (Å²) in [4.78, 5) is 4.34. The van der Waals surface area contributed by atoms with Crippen LogP contribution in [0.4, 0.5) is 0 Å². The van der Waals surface area contributed by atoms with E-state index in [2.05, 4.69) is 25.6 Å². The van der Waals surface area contributed by atoms with Crippen LogP contribution in [0, 0.1) is 0 Å². The van der Waals surface area contributed by atoms with Gasteiger partial charge in [-0.05, 0) is 42.3 Å². The van der Waals surface area contributed by atoms with Gasteiger partial charge in [0.05, 0.1) is 10.5 Å². The summed E-state index contributed by atoms with van der Waals surface area (Å²) in [5.74, 6) is 0.145. The number of pyridine rings is 1. The topological polar surface area (TPSA) is 154 Å². The molecule has 2 heterocycles. The molecule has 0 spiro atoms. The Morgan fingerprint density at radius 1 is 1.16 bits per heavy atom. The SMILES string of the molecule is NCCCc1ccc(-c2cccc(S(N)(=O)=O)c2-c2nn[nH]n2)cn1. The monoisotopic (exact) mass is 359 g/mol. The zero-order valence-corrected chi connectivity index (χ0v) is 14.1. The highest BCUT2D eigenvalue weighted by molar-refractivity contribution is 7.89. The van der Waals surface area contributed by atoms with E-state index in [9.17, 15) is 8.42 Å². The number of hydrogen-bond donors (Lipinski definition) is 3. The summed E-state index contributed by atoms with van der Waals surface area (Å²) in [6, 6.07) is 8.53. The van der Waals surface area contributed by atoms with E-state index in [0.29, 0.717) is 12.1 Å². The number of sulfonamides is 1. The molecule has 0 radical (unpaired) electrons. The molecule has 3 rings (SSSR count). The van der Waals surface area contributed by atoms with Crippen LogP contribution in [-0.2, 0) is 16.4 Å². The van der Waals surface area contributed by atoms with Crippen LogP contribution in [0.2, 0.25) is 0 Å². The average Bonchev–Trinajstić information content (AvgIpc) is 3.13. The van der Waals surface area contributed by atoms with Gasteiger partial charge >= 0.3 is 0 Å². The van der Waals surface area contributed by atoms with Crippen molar-refractivity contribution in [3.63, 3.8) is 0 Å². The van der Waals surface area contributed by atoms with Crippen molar-refractivity contribution in [3.05, 3.63) is 42.2 Å². The zero-order valence-electron chi connectivity index (χ0n) is 13.3. The van der Waals surface area contributed by atoms with Gasteiger partial charge in [-0.15, -0.1) is 10.2 Å². The highest BCUT2D eigenvalue weighted by Gasteiger charge is 2.22. The van der Waals surface area contributed by atoms with E-state index in [0.717, 1.165) is 24.1 Å². The van der Waals surface area contributed by atoms with Crippen molar-refractivity contribution in [3.8, 4) is 22.5 Å². The van der Waals surface area contributed by atoms with Crippen LogP contribution in [-0.4, -0.2) is 40.6 Å². The van der Waals surface area contributed by atoms with Crippen LogP contribution in [0.5, 0.6) is 0 Å². The molecule has 0 saturated heterocycles. The molecule has 25 heavy (non-hydrogen) atoms. The van der Waals surface area contributed by atoms with Crippen molar-refractivity contribution in [1.29, 1.82) is 0 Å². The minimum atomic E-state index is -3.97. The summed E-state index contributed by atoms with van der Waals surface area (Å²) >= 11 is 0. The van der Waals surface area contributed by atoms with E-state index >= 15 is 0 Å². The smallest absolute Gasteiger partial charge is 0.238 e. The lowest BCUT2D eigenvalue weighted by molar-refractivity contribution is 0.598. The van der Waals surface area contributed by atoms with Gasteiger partial charge in [0, 0.05) is 17.5 Å². The highest BCUT2D eigenvalue weighted by Crippen LogP contribution is 2.34. The first kappa shape index (κ1) is 17.1. The van der Waals surface area contributed by atoms with Crippen molar-refractivity contribution >= 4 is 10.0 Å². The van der Waals surface area contributed by atoms with Crippen LogP contribution in [0.1, 0.15) is 12.1 Å². The fourth-order valence-electron chi connectivity index (χ4n) is 2.52. The number of nitrogens with one attached hydrogen (secondary N) is 1. The van der Waals surface area contributed by atoms with Gasteiger partial charge in [0.25, 0.3) is 0 Å². The molecule has 0 aliphatic rings. The van der Waals surface area contributed by atoms with Gasteiger partial charge < -0.3 is 5.73 Å². The maximum Gasteiger partial charge on any atom is 0.238 e. The Morgan fingerprint density at radius 2 is 2.00 bits per heavy atom. The Kier molecular flexibility index (Phi) is 4.83. The Bertz CT molecular complexity index is 954. The van der Waals surface area contributed by atoms with Crippen LogP contribution < -0.4 is 10.9 Å². The normalized spacial score (nSPS) is 11.6. The first-order valence-corrected chi connectivity index (χ1v) is 9.10. The van der Waals surface area contributed by atoms with Crippen LogP contribution in [0.3, 0.4) is 0 Å². The van der Waals surface area contributed by atoms with Gasteiger partial charge in [-0.25, -0.2) is 13.6 Å². The van der Waals surface area contributed by atoms with E-state index in [4.69, 9.17) is 10.9 Å². The number of H-pyrrole nitrogens is 1. The summed E-state index contributed by atoms with van der Waals surface area (Å²) in [6.07, 6.45) is 3.31. The minimum Gasteiger partial charge on any atom is -0.330 e. The molecule has 2 aromatic heterocycles. The van der Waals surface area contributed by atoms with Gasteiger partial charge in [0.1, 0.15) is 0 Å². The molecule has 1 aromatic carbocycles. The third-order valence-corrected chi connectivity index (χ3v) is 4.63. The van der Waals surface area contributed by atoms with Gasteiger partial charge in [0.15, 0.2) is 0 Å². The van der Waals surface area contributed by atoms with Gasteiger partial charge in [-0.1, -0.05) is 18.2 Å². The molecule has 0 amide bonds. The zero-order chi connectivity index (χ0) is 17.9. The number of rotatable bonds is 6. The molecule has 0 atom stereocenters. The van der Waals surface area contributed by atoms with E-state index < -0.39 is 10.0 Å². The number of benzene rings is 1. The fourth-order valence-corrected chi connectivity index (χ4v) is 3.28. The first-order valence-electron chi connectivity index (χ1n) is 7.55. The molecule has 0 saturated carbocycles. The van der Waals surface area contributed by atoms with Crippen molar-refractivity contribution in [2.45, 2.75) is 17.7 Å². The highest BCUT2D eigenvalue weighted by atomic mass is 32.2. The molecule has 130 valence electrons. The second kappa shape index (κ2) is 7.05. The van der Waals surface area contributed by atoms with E-state index in [1.54, 1.807) is 18.3 Å². The summed E-state index contributed by atoms with van der Waals surface area (Å²) in [6.45, 7) is 0.599. The number of primary sulfonamides is 1. The molecule has 0 bridgehead atoms. The summed E-state index contributed by atoms with van der Waals surface area (Å²) in [5, 5.41) is 19.0. The third kappa shape index (κ3) is 3.71. The number of hydrogen-bond acceptors (Lipinski definition) is 7. The second-order valence-corrected chi connectivity index (χ2v) is 6.92. The standard InChI is InChI=1S/C15H17N7O2S/c16-8-2-3-11-7-6-10(9-18-11)12-4-1-5-13(25(17,23)24)14(12)15-19-21-22-20-15/h1,4-7,9H,2-3,8,16H2,(H2,17,23,24)(H,19,20,21,22). The number of aromatic nitrogens is 5. The van der Waals surface area contributed by atoms with E-state index in [-0.39, 0.29) is 16.3 Å². The van der Waals surface area contributed by atoms with Crippen LogP contribution >= 0.6 is 0 Å². The molecular formula is C15H17N7O2S. The van der Waals surface area contributed by atoms with Crippen molar-refractivity contribution < 1.29 is 8.42 Å². The molecule has 10 heteroatoms. The van der Waals surface area contributed by atoms with Crippen LogP contribution in [0.15, 0.2) is 41.4 Å². The Labute approximate surface area is 144 Å². The van der Waals surface area contributed by atoms with Gasteiger partial charge in [0.2, 0.25) is 15.8 Å². The molecule has 0 aliphatic heterocycles. The number of aromatic amines is 1. The Morgan fingerprint density at radius 3 is 2.60 bits per heavy atom. The maximum atomic E-state index is 12.0. The molecule has 0 unspecified atom stereocenters. The number of tetrazole rings is 1. The third-order valence-electron chi connectivity index (χ3n) is 3.67. The molecule has 0 aliphatic carbocycles. The number of aryl methyl sites for hydroxylation is 1. The average molecular weight is 359 g/mol. The largest absolute Gasteiger partial charge is 0.330 e. The lowest BCUT2D eigenvalue weighted by Crippen LogP contribution is -2.14. The minimum absolute atomic E-state index is 0.0707. The predicted octanol–water partition coefficient (Wildman–Crippen LogP) is 0.467. The fraction of sp³-hybridized carbons (Fsp3) is 0.200. The molecule has 5 N–H and O–H groups in total. The lowest BCUT2D eigenvalue weighted by atomic mass is 10.00. The molecule has 9 nitrogen and oxygen atoms in total. The Balaban J connectivity index is 2.13. The summed E-state index contributed by atoms with van der Waals surface area (Å²) < 4.78 is 23.9. The lowest BCUT2D eigenvalue weighted by Gasteiger charge is -2.11. The first-order chi connectivity index (χ1) is 12.0. The summed E-state index contributed by atoms with van der Waals surface area (Å²) in [5.41, 5.74) is 8.04. The van der Waals surface area contributed by atoms with Crippen molar-refractivity contribution in [2.24, 2.45) is 10.9 Å². The Hall–Kier alpha value is -2.69. The number of nitrogens with two attached hydrogens (primary N) is 2. The second-order valence-electron chi connectivity index (χ2n) is 5.39. The van der Waals surface area contributed by atoms with Gasteiger partial charge in [-0.3, -0.25) is 4.98 Å².